The lowest BCUT2D eigenvalue weighted by Crippen LogP contribution is -2.44. The number of aryl methyl sites for hydroxylation is 1. The highest BCUT2D eigenvalue weighted by Crippen LogP contribution is 2.45. The lowest BCUT2D eigenvalue weighted by atomic mass is 9.90. The first-order valence-corrected chi connectivity index (χ1v) is 10.2. The standard InChI is InChI=1S/C22H27F2N3O2/c1-13-9-19(27-26-13)22(2,11-14-3-4-14)25-21(28)16-7-8-17(15-5-6-15)18(10-16)29-12-20(23)24/h7-10,14-15,20H,3-6,11-12H2,1-2H3,(H,25,28)(H,26,27)/t22-/m0/s1. The van der Waals surface area contributed by atoms with Crippen molar-refractivity contribution in [3.63, 3.8) is 0 Å². The third kappa shape index (κ3) is 4.77. The molecular weight excluding hydrogens is 376 g/mol. The zero-order chi connectivity index (χ0) is 20.6. The summed E-state index contributed by atoms with van der Waals surface area (Å²) in [5, 5.41) is 10.5. The van der Waals surface area contributed by atoms with Crippen molar-refractivity contribution in [3.05, 3.63) is 46.8 Å². The van der Waals surface area contributed by atoms with E-state index in [1.165, 1.54) is 0 Å². The van der Waals surface area contributed by atoms with E-state index in [2.05, 4.69) is 15.5 Å². The number of aromatic nitrogens is 2. The molecule has 2 N–H and O–H groups in total. The number of nitrogens with zero attached hydrogens (tertiary/aromatic N) is 1. The molecule has 0 unspecified atom stereocenters. The van der Waals surface area contributed by atoms with Gasteiger partial charge in [-0.05, 0) is 68.7 Å². The van der Waals surface area contributed by atoms with Crippen LogP contribution in [0.4, 0.5) is 8.78 Å². The maximum atomic E-state index is 13.1. The molecule has 1 heterocycles. The van der Waals surface area contributed by atoms with E-state index in [1.54, 1.807) is 12.1 Å². The summed E-state index contributed by atoms with van der Waals surface area (Å²) in [6, 6.07) is 7.14. The summed E-state index contributed by atoms with van der Waals surface area (Å²) >= 11 is 0. The summed E-state index contributed by atoms with van der Waals surface area (Å²) < 4.78 is 30.6. The predicted octanol–water partition coefficient (Wildman–Crippen LogP) is 4.68. The van der Waals surface area contributed by atoms with Gasteiger partial charge >= 0.3 is 0 Å². The van der Waals surface area contributed by atoms with Crippen LogP contribution >= 0.6 is 0 Å². The maximum Gasteiger partial charge on any atom is 0.272 e. The summed E-state index contributed by atoms with van der Waals surface area (Å²) in [7, 11) is 0. The molecule has 2 aliphatic carbocycles. The van der Waals surface area contributed by atoms with E-state index in [9.17, 15) is 13.6 Å². The number of aromatic amines is 1. The highest BCUT2D eigenvalue weighted by Gasteiger charge is 2.38. The first-order valence-electron chi connectivity index (χ1n) is 10.2. The number of benzene rings is 1. The average Bonchev–Trinajstić information content (AvgIpc) is 3.60. The highest BCUT2D eigenvalue weighted by atomic mass is 19.3. The molecule has 0 aliphatic heterocycles. The molecule has 29 heavy (non-hydrogen) atoms. The SMILES string of the molecule is Cc1cc([C@](C)(CC2CC2)NC(=O)c2ccc(C3CC3)c(OCC(F)F)c2)n[nH]1. The molecule has 1 amide bonds. The van der Waals surface area contributed by atoms with Gasteiger partial charge in [-0.2, -0.15) is 5.10 Å². The van der Waals surface area contributed by atoms with Crippen LogP contribution in [0.3, 0.4) is 0 Å². The van der Waals surface area contributed by atoms with Gasteiger partial charge in [0.15, 0.2) is 0 Å². The molecule has 0 saturated heterocycles. The Labute approximate surface area is 169 Å². The van der Waals surface area contributed by atoms with E-state index in [0.29, 0.717) is 23.1 Å². The fourth-order valence-corrected chi connectivity index (χ4v) is 3.83. The Bertz CT molecular complexity index is 890. The Hall–Kier alpha value is -2.44. The van der Waals surface area contributed by atoms with Crippen LogP contribution in [-0.2, 0) is 5.54 Å². The molecule has 1 aromatic heterocycles. The van der Waals surface area contributed by atoms with Crippen LogP contribution in [0.2, 0.25) is 0 Å². The number of ether oxygens (including phenoxy) is 1. The summed E-state index contributed by atoms with van der Waals surface area (Å²) in [4.78, 5) is 13.1. The normalized spacial score (nSPS) is 18.5. The van der Waals surface area contributed by atoms with Crippen LogP contribution in [0.5, 0.6) is 5.75 Å². The van der Waals surface area contributed by atoms with Crippen molar-refractivity contribution in [2.45, 2.75) is 63.8 Å². The average molecular weight is 403 g/mol. The molecule has 156 valence electrons. The van der Waals surface area contributed by atoms with Crippen molar-refractivity contribution < 1.29 is 18.3 Å². The van der Waals surface area contributed by atoms with E-state index in [4.69, 9.17) is 4.74 Å². The summed E-state index contributed by atoms with van der Waals surface area (Å²) in [5.74, 6) is 1.06. The van der Waals surface area contributed by atoms with Gasteiger partial charge in [-0.3, -0.25) is 9.89 Å². The van der Waals surface area contributed by atoms with Crippen LogP contribution < -0.4 is 10.1 Å². The molecular formula is C22H27F2N3O2. The van der Waals surface area contributed by atoms with E-state index in [-0.39, 0.29) is 5.91 Å². The Morgan fingerprint density at radius 1 is 1.31 bits per heavy atom. The van der Waals surface area contributed by atoms with Crippen molar-refractivity contribution in [2.24, 2.45) is 5.92 Å². The largest absolute Gasteiger partial charge is 0.487 e. The fourth-order valence-electron chi connectivity index (χ4n) is 3.83. The van der Waals surface area contributed by atoms with Crippen molar-refractivity contribution in [1.29, 1.82) is 0 Å². The second-order valence-electron chi connectivity index (χ2n) is 8.60. The van der Waals surface area contributed by atoms with E-state index in [0.717, 1.165) is 49.1 Å². The van der Waals surface area contributed by atoms with Gasteiger partial charge in [-0.1, -0.05) is 18.9 Å². The molecule has 0 spiro atoms. The minimum atomic E-state index is -2.55. The van der Waals surface area contributed by atoms with Crippen LogP contribution in [0.25, 0.3) is 0 Å². The number of rotatable bonds is 9. The molecule has 1 aromatic carbocycles. The number of carbonyl (C=O) groups excluding carboxylic acids is 1. The molecule has 7 heteroatoms. The molecule has 1 atom stereocenters. The first-order chi connectivity index (χ1) is 13.8. The Morgan fingerprint density at radius 3 is 2.66 bits per heavy atom. The van der Waals surface area contributed by atoms with Crippen LogP contribution in [0.15, 0.2) is 24.3 Å². The monoisotopic (exact) mass is 403 g/mol. The van der Waals surface area contributed by atoms with Gasteiger partial charge in [0.2, 0.25) is 0 Å². The van der Waals surface area contributed by atoms with E-state index >= 15 is 0 Å². The van der Waals surface area contributed by atoms with Crippen LogP contribution in [0, 0.1) is 12.8 Å². The van der Waals surface area contributed by atoms with Gasteiger partial charge in [0.05, 0.1) is 11.2 Å². The second-order valence-corrected chi connectivity index (χ2v) is 8.60. The Balaban J connectivity index is 1.56. The highest BCUT2D eigenvalue weighted by molar-refractivity contribution is 5.95. The van der Waals surface area contributed by atoms with E-state index < -0.39 is 18.6 Å². The molecule has 2 fully saturated rings. The molecule has 5 nitrogen and oxygen atoms in total. The zero-order valence-corrected chi connectivity index (χ0v) is 16.8. The van der Waals surface area contributed by atoms with Crippen molar-refractivity contribution >= 4 is 5.91 Å². The lowest BCUT2D eigenvalue weighted by molar-refractivity contribution is 0.0812. The van der Waals surface area contributed by atoms with Gasteiger partial charge in [0.25, 0.3) is 12.3 Å². The van der Waals surface area contributed by atoms with E-state index in [1.807, 2.05) is 26.0 Å². The van der Waals surface area contributed by atoms with Gasteiger partial charge < -0.3 is 10.1 Å². The molecule has 0 bridgehead atoms. The summed E-state index contributed by atoms with van der Waals surface area (Å²) in [6.45, 7) is 3.25. The molecule has 4 rings (SSSR count). The van der Waals surface area contributed by atoms with Gasteiger partial charge in [-0.15, -0.1) is 0 Å². The third-order valence-electron chi connectivity index (χ3n) is 5.71. The van der Waals surface area contributed by atoms with Gasteiger partial charge in [0, 0.05) is 11.3 Å². The Kier molecular flexibility index (Phi) is 5.32. The molecule has 0 radical (unpaired) electrons. The summed E-state index contributed by atoms with van der Waals surface area (Å²) in [5.41, 5.74) is 2.47. The summed E-state index contributed by atoms with van der Waals surface area (Å²) in [6.07, 6.45) is 2.64. The zero-order valence-electron chi connectivity index (χ0n) is 16.8. The number of alkyl halides is 2. The molecule has 2 aliphatic rings. The van der Waals surface area contributed by atoms with Gasteiger partial charge in [0.1, 0.15) is 12.4 Å². The van der Waals surface area contributed by atoms with Crippen molar-refractivity contribution in [2.75, 3.05) is 6.61 Å². The lowest BCUT2D eigenvalue weighted by Gasteiger charge is -2.29. The fraction of sp³-hybridized carbons (Fsp3) is 0.545. The smallest absolute Gasteiger partial charge is 0.272 e. The van der Waals surface area contributed by atoms with Crippen LogP contribution in [-0.4, -0.2) is 29.1 Å². The van der Waals surface area contributed by atoms with Crippen LogP contribution in [0.1, 0.15) is 72.3 Å². The molecule has 2 aromatic rings. The number of nitrogens with one attached hydrogen (secondary N) is 2. The number of carbonyl (C=O) groups is 1. The molecule has 2 saturated carbocycles. The minimum absolute atomic E-state index is 0.252. The second kappa shape index (κ2) is 7.76. The van der Waals surface area contributed by atoms with Crippen molar-refractivity contribution in [3.8, 4) is 5.75 Å². The topological polar surface area (TPSA) is 67.0 Å². The maximum absolute atomic E-state index is 13.1. The third-order valence-corrected chi connectivity index (χ3v) is 5.71. The van der Waals surface area contributed by atoms with Gasteiger partial charge in [-0.25, -0.2) is 8.78 Å². The number of hydrogen-bond donors (Lipinski definition) is 2. The number of hydrogen-bond acceptors (Lipinski definition) is 3. The number of halogens is 2. The number of H-pyrrole nitrogens is 1. The first kappa shape index (κ1) is 19.9. The van der Waals surface area contributed by atoms with Crippen molar-refractivity contribution in [1.82, 2.24) is 15.5 Å². The minimum Gasteiger partial charge on any atom is -0.487 e. The number of amides is 1. The quantitative estimate of drug-likeness (QED) is 0.639. The predicted molar refractivity (Wildman–Crippen MR) is 105 cm³/mol. The Morgan fingerprint density at radius 2 is 2.07 bits per heavy atom.